The number of methoxy groups -OCH3 is 1. The Morgan fingerprint density at radius 1 is 1.29 bits per heavy atom. The van der Waals surface area contributed by atoms with Gasteiger partial charge < -0.3 is 14.2 Å². The molecule has 6 nitrogen and oxygen atoms in total. The van der Waals surface area contributed by atoms with Gasteiger partial charge in [-0.25, -0.2) is 9.18 Å². The number of thiocarbonyl (C=S) groups is 1. The highest BCUT2D eigenvalue weighted by Crippen LogP contribution is 2.40. The van der Waals surface area contributed by atoms with Gasteiger partial charge in [0, 0.05) is 0 Å². The van der Waals surface area contributed by atoms with Crippen LogP contribution in [-0.4, -0.2) is 36.5 Å². The average Bonchev–Trinajstić information content (AvgIpc) is 3.00. The number of amides is 1. The summed E-state index contributed by atoms with van der Waals surface area (Å²) in [5.41, 5.74) is 0.640. The topological polar surface area (TPSA) is 65.1 Å². The number of halogens is 2. The Hall–Kier alpha value is -2.62. The second-order valence-corrected chi connectivity index (χ2v) is 8.18. The zero-order chi connectivity index (χ0) is 22.5. The highest BCUT2D eigenvalue weighted by atomic mass is 35.5. The molecule has 1 aliphatic rings. The molecule has 1 fully saturated rings. The van der Waals surface area contributed by atoms with Crippen molar-refractivity contribution >= 4 is 63.5 Å². The number of thioether (sulfide) groups is 1. The van der Waals surface area contributed by atoms with E-state index in [1.54, 1.807) is 31.2 Å². The van der Waals surface area contributed by atoms with Gasteiger partial charge >= 0.3 is 5.97 Å². The monoisotopic (exact) mass is 481 g/mol. The number of hydrogen-bond acceptors (Lipinski definition) is 7. The fraction of sp³-hybridized carbons (Fsp3) is 0.190. The molecule has 10 heteroatoms. The Bertz CT molecular complexity index is 1080. The van der Waals surface area contributed by atoms with E-state index in [2.05, 4.69) is 4.74 Å². The summed E-state index contributed by atoms with van der Waals surface area (Å²) >= 11 is 12.7. The summed E-state index contributed by atoms with van der Waals surface area (Å²) in [6.07, 6.45) is 1.58. The number of nitrogens with zero attached hydrogens (tertiary/aromatic N) is 1. The molecule has 0 spiro atoms. The van der Waals surface area contributed by atoms with E-state index < -0.39 is 17.7 Å². The molecule has 0 saturated carbocycles. The minimum Gasteiger partial charge on any atom is -0.490 e. The summed E-state index contributed by atoms with van der Waals surface area (Å²) in [6.45, 7) is 1.77. The van der Waals surface area contributed by atoms with Crippen LogP contribution in [0.5, 0.6) is 11.5 Å². The molecule has 2 aromatic rings. The van der Waals surface area contributed by atoms with Crippen LogP contribution in [0.3, 0.4) is 0 Å². The van der Waals surface area contributed by atoms with Crippen molar-refractivity contribution in [3.8, 4) is 11.5 Å². The summed E-state index contributed by atoms with van der Waals surface area (Å²) in [5, 5.41) is 0.186. The first-order valence-corrected chi connectivity index (χ1v) is 10.6. The summed E-state index contributed by atoms with van der Waals surface area (Å²) in [5.74, 6) is -1.08. The molecule has 3 rings (SSSR count). The zero-order valence-corrected chi connectivity index (χ0v) is 18.9. The fourth-order valence-electron chi connectivity index (χ4n) is 2.72. The van der Waals surface area contributed by atoms with Crippen LogP contribution in [0.15, 0.2) is 41.3 Å². The quantitative estimate of drug-likeness (QED) is 0.318. The van der Waals surface area contributed by atoms with Gasteiger partial charge in [0.1, 0.15) is 5.82 Å². The van der Waals surface area contributed by atoms with E-state index >= 15 is 0 Å². The van der Waals surface area contributed by atoms with Gasteiger partial charge in [-0.2, -0.15) is 0 Å². The number of hydrogen-bond donors (Lipinski definition) is 0. The minimum absolute atomic E-state index is 0.0907. The van der Waals surface area contributed by atoms with E-state index in [-0.39, 0.29) is 27.4 Å². The molecule has 162 valence electrons. The van der Waals surface area contributed by atoms with Crippen molar-refractivity contribution in [3.05, 3.63) is 57.7 Å². The van der Waals surface area contributed by atoms with Crippen LogP contribution in [0.25, 0.3) is 6.08 Å². The number of carbonyl (C=O) groups is 2. The third-order valence-electron chi connectivity index (χ3n) is 4.08. The number of carbonyl (C=O) groups excluding carboxylic acids is 2. The molecule has 2 aromatic carbocycles. The predicted molar refractivity (Wildman–Crippen MR) is 122 cm³/mol. The van der Waals surface area contributed by atoms with Crippen molar-refractivity contribution in [2.24, 2.45) is 0 Å². The van der Waals surface area contributed by atoms with Crippen LogP contribution in [0.2, 0.25) is 5.02 Å². The summed E-state index contributed by atoms with van der Waals surface area (Å²) < 4.78 is 30.0. The lowest BCUT2D eigenvalue weighted by atomic mass is 10.1. The minimum atomic E-state index is -0.570. The van der Waals surface area contributed by atoms with E-state index in [0.717, 1.165) is 16.7 Å². The largest absolute Gasteiger partial charge is 0.490 e. The van der Waals surface area contributed by atoms with Crippen LogP contribution in [0.4, 0.5) is 10.1 Å². The Labute approximate surface area is 192 Å². The van der Waals surface area contributed by atoms with Crippen molar-refractivity contribution in [2.45, 2.75) is 6.92 Å². The van der Waals surface area contributed by atoms with Crippen LogP contribution in [0, 0.1) is 5.82 Å². The molecule has 0 aliphatic carbocycles. The number of anilines is 1. The zero-order valence-electron chi connectivity index (χ0n) is 16.5. The first-order valence-electron chi connectivity index (χ1n) is 9.04. The van der Waals surface area contributed by atoms with Crippen LogP contribution >= 0.6 is 35.6 Å². The molecule has 0 N–H and O–H groups in total. The average molecular weight is 482 g/mol. The lowest BCUT2D eigenvalue weighted by Gasteiger charge is -2.15. The maximum absolute atomic E-state index is 14.2. The predicted octanol–water partition coefficient (Wildman–Crippen LogP) is 4.84. The third kappa shape index (κ3) is 5.17. The normalized spacial score (nSPS) is 14.8. The molecule has 0 radical (unpaired) electrons. The highest BCUT2D eigenvalue weighted by Gasteiger charge is 2.34. The lowest BCUT2D eigenvalue weighted by Crippen LogP contribution is -2.28. The molecule has 1 heterocycles. The van der Waals surface area contributed by atoms with Crippen LogP contribution in [-0.2, 0) is 14.3 Å². The SMILES string of the molecule is CCOc1cc(/C=C2/SC(=S)N(c3ccccc3F)C2=O)cc(Cl)c1OCC(=O)OC. The third-order valence-corrected chi connectivity index (χ3v) is 5.66. The van der Waals surface area contributed by atoms with Crippen molar-refractivity contribution in [1.82, 2.24) is 0 Å². The highest BCUT2D eigenvalue weighted by molar-refractivity contribution is 8.27. The number of para-hydroxylation sites is 1. The van der Waals surface area contributed by atoms with Gasteiger partial charge in [0.2, 0.25) is 0 Å². The van der Waals surface area contributed by atoms with E-state index in [1.807, 2.05) is 0 Å². The van der Waals surface area contributed by atoms with Crippen molar-refractivity contribution < 1.29 is 28.2 Å². The summed E-state index contributed by atoms with van der Waals surface area (Å²) in [7, 11) is 1.25. The molecular weight excluding hydrogens is 465 g/mol. The van der Waals surface area contributed by atoms with Gasteiger partial charge in [-0.05, 0) is 42.8 Å². The Morgan fingerprint density at radius 2 is 2.03 bits per heavy atom. The first kappa shape index (κ1) is 23.1. The molecule has 0 atom stereocenters. The first-order chi connectivity index (χ1) is 14.8. The van der Waals surface area contributed by atoms with Gasteiger partial charge in [-0.15, -0.1) is 0 Å². The van der Waals surface area contributed by atoms with E-state index in [9.17, 15) is 14.0 Å². The van der Waals surface area contributed by atoms with E-state index in [0.29, 0.717) is 22.8 Å². The van der Waals surface area contributed by atoms with Gasteiger partial charge in [0.05, 0.1) is 29.3 Å². The van der Waals surface area contributed by atoms with Gasteiger partial charge in [0.25, 0.3) is 5.91 Å². The standard InChI is InChI=1S/C21H17ClFNO5S2/c1-3-28-16-9-12(8-13(22)19(16)29-11-18(25)27-2)10-17-20(26)24(21(30)31-17)15-7-5-4-6-14(15)23/h4-10H,3,11H2,1-2H3/b17-10+. The fourth-order valence-corrected chi connectivity index (χ4v) is 4.28. The Morgan fingerprint density at radius 3 is 2.71 bits per heavy atom. The number of benzene rings is 2. The Balaban J connectivity index is 1.92. The smallest absolute Gasteiger partial charge is 0.343 e. The van der Waals surface area contributed by atoms with Gasteiger partial charge in [0.15, 0.2) is 22.4 Å². The van der Waals surface area contributed by atoms with Crippen molar-refractivity contribution in [2.75, 3.05) is 25.2 Å². The Kier molecular flexibility index (Phi) is 7.53. The van der Waals surface area contributed by atoms with Crippen molar-refractivity contribution in [1.29, 1.82) is 0 Å². The number of ether oxygens (including phenoxy) is 3. The molecule has 0 unspecified atom stereocenters. The van der Waals surface area contributed by atoms with Crippen molar-refractivity contribution in [3.63, 3.8) is 0 Å². The molecule has 1 saturated heterocycles. The molecule has 0 aromatic heterocycles. The molecular formula is C21H17ClFNO5S2. The second-order valence-electron chi connectivity index (χ2n) is 6.10. The van der Waals surface area contributed by atoms with E-state index in [1.165, 1.54) is 25.3 Å². The lowest BCUT2D eigenvalue weighted by molar-refractivity contribution is -0.142. The molecule has 31 heavy (non-hydrogen) atoms. The summed E-state index contributed by atoms with van der Waals surface area (Å²) in [4.78, 5) is 25.7. The number of rotatable bonds is 7. The second kappa shape index (κ2) is 10.1. The maximum Gasteiger partial charge on any atom is 0.343 e. The van der Waals surface area contributed by atoms with Gasteiger partial charge in [-0.1, -0.05) is 47.7 Å². The van der Waals surface area contributed by atoms with Crippen LogP contribution < -0.4 is 14.4 Å². The maximum atomic E-state index is 14.2. The van der Waals surface area contributed by atoms with Crippen LogP contribution in [0.1, 0.15) is 12.5 Å². The molecule has 1 amide bonds. The molecule has 1 aliphatic heterocycles. The summed E-state index contributed by atoms with van der Waals surface area (Å²) in [6, 6.07) is 9.10. The molecule has 0 bridgehead atoms. The number of esters is 1. The van der Waals surface area contributed by atoms with Gasteiger partial charge in [-0.3, -0.25) is 9.69 Å². The van der Waals surface area contributed by atoms with E-state index in [4.69, 9.17) is 33.3 Å².